The van der Waals surface area contributed by atoms with Gasteiger partial charge in [-0.15, -0.1) is 0 Å². The molecule has 0 bridgehead atoms. The second-order valence-electron chi connectivity index (χ2n) is 2.94. The van der Waals surface area contributed by atoms with Crippen LogP contribution in [0.2, 0.25) is 0 Å². The van der Waals surface area contributed by atoms with Gasteiger partial charge in [0, 0.05) is 6.42 Å². The highest BCUT2D eigenvalue weighted by Crippen LogP contribution is 2.30. The van der Waals surface area contributed by atoms with Crippen LogP contribution < -0.4 is 5.73 Å². The summed E-state index contributed by atoms with van der Waals surface area (Å²) >= 11 is 0. The van der Waals surface area contributed by atoms with Gasteiger partial charge in [-0.25, -0.2) is 4.39 Å². The van der Waals surface area contributed by atoms with Crippen molar-refractivity contribution < 1.29 is 4.39 Å². The Balaban J connectivity index is 2.47. The molecule has 0 amide bonds. The Bertz CT molecular complexity index is 272. The third-order valence-electron chi connectivity index (χ3n) is 2.22. The summed E-state index contributed by atoms with van der Waals surface area (Å²) in [6.07, 6.45) is -0.399. The van der Waals surface area contributed by atoms with Gasteiger partial charge < -0.3 is 5.73 Å². The first-order valence-electron chi connectivity index (χ1n) is 3.76. The average Bonchev–Trinajstić information content (AvgIpc) is 2.30. The zero-order chi connectivity index (χ0) is 7.84. The van der Waals surface area contributed by atoms with Crippen LogP contribution in [-0.2, 0) is 6.42 Å². The van der Waals surface area contributed by atoms with Gasteiger partial charge in [0.05, 0.1) is 6.04 Å². The number of nitrogens with two attached hydrogens (primary N) is 1. The van der Waals surface area contributed by atoms with E-state index < -0.39 is 12.2 Å². The molecule has 0 saturated heterocycles. The summed E-state index contributed by atoms with van der Waals surface area (Å²) in [5.74, 6) is 0. The van der Waals surface area contributed by atoms with E-state index in [2.05, 4.69) is 0 Å². The number of fused-ring (bicyclic) bond motifs is 1. The molecule has 1 aromatic carbocycles. The molecule has 58 valence electrons. The van der Waals surface area contributed by atoms with Crippen LogP contribution in [-0.4, -0.2) is 6.17 Å². The van der Waals surface area contributed by atoms with Gasteiger partial charge >= 0.3 is 0 Å². The third kappa shape index (κ3) is 0.942. The molecular weight excluding hydrogens is 141 g/mol. The van der Waals surface area contributed by atoms with E-state index in [1.807, 2.05) is 24.3 Å². The SMILES string of the molecule is N[C@@H]1c2ccccc2C[C@H]1F. The molecule has 1 aromatic rings. The van der Waals surface area contributed by atoms with Crippen molar-refractivity contribution in [3.63, 3.8) is 0 Å². The fourth-order valence-corrected chi connectivity index (χ4v) is 1.58. The van der Waals surface area contributed by atoms with E-state index >= 15 is 0 Å². The summed E-state index contributed by atoms with van der Waals surface area (Å²) in [5, 5.41) is 0. The van der Waals surface area contributed by atoms with Gasteiger partial charge in [0.1, 0.15) is 6.17 Å². The number of hydrogen-bond acceptors (Lipinski definition) is 1. The first kappa shape index (κ1) is 6.80. The minimum absolute atomic E-state index is 0.397. The van der Waals surface area contributed by atoms with Crippen LogP contribution in [0.5, 0.6) is 0 Å². The van der Waals surface area contributed by atoms with Gasteiger partial charge in [0.15, 0.2) is 0 Å². The predicted octanol–water partition coefficient (Wildman–Crippen LogP) is 1.58. The Morgan fingerprint density at radius 3 is 2.82 bits per heavy atom. The lowest BCUT2D eigenvalue weighted by Crippen LogP contribution is -2.17. The Hall–Kier alpha value is -0.890. The molecular formula is C9H10FN. The second-order valence-corrected chi connectivity index (χ2v) is 2.94. The molecule has 1 aliphatic carbocycles. The first-order chi connectivity index (χ1) is 5.29. The molecule has 0 unspecified atom stereocenters. The largest absolute Gasteiger partial charge is 0.322 e. The number of hydrogen-bond donors (Lipinski definition) is 1. The number of alkyl halides is 1. The van der Waals surface area contributed by atoms with Crippen LogP contribution in [0.15, 0.2) is 24.3 Å². The molecule has 0 aromatic heterocycles. The lowest BCUT2D eigenvalue weighted by molar-refractivity contribution is 0.303. The van der Waals surface area contributed by atoms with Crippen LogP contribution in [0.4, 0.5) is 4.39 Å². The van der Waals surface area contributed by atoms with E-state index in [1.54, 1.807) is 0 Å². The maximum absolute atomic E-state index is 13.0. The van der Waals surface area contributed by atoms with E-state index in [9.17, 15) is 4.39 Å². The van der Waals surface area contributed by atoms with E-state index in [1.165, 1.54) is 0 Å². The van der Waals surface area contributed by atoms with Crippen molar-refractivity contribution in [2.24, 2.45) is 5.73 Å². The Morgan fingerprint density at radius 2 is 2.09 bits per heavy atom. The summed E-state index contributed by atoms with van der Waals surface area (Å²) < 4.78 is 13.0. The molecule has 0 fully saturated rings. The highest BCUT2D eigenvalue weighted by Gasteiger charge is 2.28. The molecule has 0 aliphatic heterocycles. The summed E-state index contributed by atoms with van der Waals surface area (Å²) in [6.45, 7) is 0. The lowest BCUT2D eigenvalue weighted by Gasteiger charge is -2.05. The molecule has 11 heavy (non-hydrogen) atoms. The van der Waals surface area contributed by atoms with Gasteiger partial charge in [0.25, 0.3) is 0 Å². The Kier molecular flexibility index (Phi) is 1.43. The summed E-state index contributed by atoms with van der Waals surface area (Å²) in [4.78, 5) is 0. The maximum atomic E-state index is 13.0. The summed E-state index contributed by atoms with van der Waals surface area (Å²) in [5.41, 5.74) is 7.65. The summed E-state index contributed by atoms with van der Waals surface area (Å²) in [6, 6.07) is 7.26. The quantitative estimate of drug-likeness (QED) is 0.598. The molecule has 0 radical (unpaired) electrons. The van der Waals surface area contributed by atoms with E-state index in [-0.39, 0.29) is 0 Å². The maximum Gasteiger partial charge on any atom is 0.123 e. The van der Waals surface area contributed by atoms with Crippen LogP contribution >= 0.6 is 0 Å². The van der Waals surface area contributed by atoms with E-state index in [0.29, 0.717) is 6.42 Å². The highest BCUT2D eigenvalue weighted by atomic mass is 19.1. The molecule has 0 spiro atoms. The first-order valence-corrected chi connectivity index (χ1v) is 3.76. The van der Waals surface area contributed by atoms with Crippen LogP contribution in [0.25, 0.3) is 0 Å². The van der Waals surface area contributed by atoms with Crippen LogP contribution in [0.1, 0.15) is 17.2 Å². The fraction of sp³-hybridized carbons (Fsp3) is 0.333. The van der Waals surface area contributed by atoms with Crippen molar-refractivity contribution in [3.05, 3.63) is 35.4 Å². The van der Waals surface area contributed by atoms with Crippen LogP contribution in [0, 0.1) is 0 Å². The number of halogens is 1. The standard InChI is InChI=1S/C9H10FN/c10-8-5-6-3-1-2-4-7(6)9(8)11/h1-4,8-9H,5,11H2/t8-,9-/m1/s1. The van der Waals surface area contributed by atoms with Crippen molar-refractivity contribution in [3.8, 4) is 0 Å². The minimum Gasteiger partial charge on any atom is -0.322 e. The zero-order valence-electron chi connectivity index (χ0n) is 6.13. The van der Waals surface area contributed by atoms with Gasteiger partial charge in [-0.3, -0.25) is 0 Å². The van der Waals surface area contributed by atoms with Gasteiger partial charge in [-0.1, -0.05) is 24.3 Å². The topological polar surface area (TPSA) is 26.0 Å². The van der Waals surface area contributed by atoms with Crippen molar-refractivity contribution in [2.45, 2.75) is 18.6 Å². The van der Waals surface area contributed by atoms with E-state index in [0.717, 1.165) is 11.1 Å². The Morgan fingerprint density at radius 1 is 1.36 bits per heavy atom. The smallest absolute Gasteiger partial charge is 0.123 e. The van der Waals surface area contributed by atoms with E-state index in [4.69, 9.17) is 5.73 Å². The molecule has 0 heterocycles. The van der Waals surface area contributed by atoms with Crippen molar-refractivity contribution in [2.75, 3.05) is 0 Å². The normalized spacial score (nSPS) is 28.5. The molecule has 0 saturated carbocycles. The monoisotopic (exact) mass is 151 g/mol. The Labute approximate surface area is 65.0 Å². The average molecular weight is 151 g/mol. The minimum atomic E-state index is -0.882. The molecule has 2 heteroatoms. The molecule has 1 nitrogen and oxygen atoms in total. The second kappa shape index (κ2) is 2.31. The third-order valence-corrected chi connectivity index (χ3v) is 2.22. The molecule has 2 rings (SSSR count). The number of rotatable bonds is 0. The van der Waals surface area contributed by atoms with Gasteiger partial charge in [0.2, 0.25) is 0 Å². The lowest BCUT2D eigenvalue weighted by atomic mass is 10.1. The van der Waals surface area contributed by atoms with Crippen LogP contribution in [0.3, 0.4) is 0 Å². The predicted molar refractivity (Wildman–Crippen MR) is 42.0 cm³/mol. The van der Waals surface area contributed by atoms with Crippen molar-refractivity contribution in [1.29, 1.82) is 0 Å². The zero-order valence-corrected chi connectivity index (χ0v) is 6.13. The molecule has 2 N–H and O–H groups in total. The highest BCUT2D eigenvalue weighted by molar-refractivity contribution is 5.35. The summed E-state index contributed by atoms with van der Waals surface area (Å²) in [7, 11) is 0. The number of benzene rings is 1. The molecule has 2 atom stereocenters. The van der Waals surface area contributed by atoms with Crippen molar-refractivity contribution >= 4 is 0 Å². The van der Waals surface area contributed by atoms with Gasteiger partial charge in [-0.2, -0.15) is 0 Å². The van der Waals surface area contributed by atoms with Crippen molar-refractivity contribution in [1.82, 2.24) is 0 Å². The fourth-order valence-electron chi connectivity index (χ4n) is 1.58. The van der Waals surface area contributed by atoms with Gasteiger partial charge in [-0.05, 0) is 11.1 Å². The molecule has 1 aliphatic rings.